The van der Waals surface area contributed by atoms with E-state index in [2.05, 4.69) is 27.0 Å². The van der Waals surface area contributed by atoms with E-state index in [1.807, 2.05) is 6.07 Å². The molecule has 192 valence electrons. The molecule has 0 fully saturated rings. The lowest BCUT2D eigenvalue weighted by atomic mass is 10.1. The molecule has 5 heterocycles. The van der Waals surface area contributed by atoms with Crippen LogP contribution in [0.1, 0.15) is 32.9 Å². The first-order valence-corrected chi connectivity index (χ1v) is 12.0. The number of nitrogens with one attached hydrogen (secondary N) is 1. The predicted octanol–water partition coefficient (Wildman–Crippen LogP) is 4.32. The van der Waals surface area contributed by atoms with Crippen LogP contribution in [0.3, 0.4) is 0 Å². The Morgan fingerprint density at radius 2 is 1.95 bits per heavy atom. The molecule has 11 heteroatoms. The van der Waals surface area contributed by atoms with Gasteiger partial charge >= 0.3 is 0 Å². The first-order valence-electron chi connectivity index (χ1n) is 12.0. The lowest BCUT2D eigenvalue weighted by molar-refractivity contribution is 0.103. The summed E-state index contributed by atoms with van der Waals surface area (Å²) >= 11 is 0. The van der Waals surface area contributed by atoms with E-state index in [4.69, 9.17) is 15.5 Å². The van der Waals surface area contributed by atoms with Gasteiger partial charge in [0.25, 0.3) is 0 Å². The molecule has 9 nitrogen and oxygen atoms in total. The van der Waals surface area contributed by atoms with Crippen LogP contribution < -0.4 is 10.5 Å². The van der Waals surface area contributed by atoms with E-state index in [9.17, 15) is 13.6 Å². The molecule has 38 heavy (non-hydrogen) atoms. The maximum Gasteiger partial charge on any atom is 0.219 e. The third kappa shape index (κ3) is 4.06. The summed E-state index contributed by atoms with van der Waals surface area (Å²) in [6.45, 7) is 3.50. The predicted molar refractivity (Wildman–Crippen MR) is 137 cm³/mol. The summed E-state index contributed by atoms with van der Waals surface area (Å²) < 4.78 is 34.6. The van der Waals surface area contributed by atoms with Gasteiger partial charge in [-0.25, -0.2) is 18.4 Å². The van der Waals surface area contributed by atoms with Crippen molar-refractivity contribution in [1.29, 1.82) is 0 Å². The average Bonchev–Trinajstić information content (AvgIpc) is 3.47. The molecule has 1 aromatic carbocycles. The lowest BCUT2D eigenvalue weighted by Crippen LogP contribution is -2.27. The lowest BCUT2D eigenvalue weighted by Gasteiger charge is -2.23. The number of aryl methyl sites for hydroxylation is 1. The number of hydrogen-bond acceptors (Lipinski definition) is 7. The van der Waals surface area contributed by atoms with Crippen molar-refractivity contribution in [2.24, 2.45) is 0 Å². The summed E-state index contributed by atoms with van der Waals surface area (Å²) in [4.78, 5) is 27.7. The van der Waals surface area contributed by atoms with Crippen molar-refractivity contribution in [3.8, 4) is 17.3 Å². The van der Waals surface area contributed by atoms with Crippen LogP contribution in [-0.2, 0) is 13.0 Å². The minimum absolute atomic E-state index is 0.00301. The van der Waals surface area contributed by atoms with Gasteiger partial charge in [-0.3, -0.25) is 9.78 Å². The van der Waals surface area contributed by atoms with Crippen molar-refractivity contribution >= 4 is 22.6 Å². The number of nitrogens with zero attached hydrogens (tertiary/aromatic N) is 5. The molecule has 0 aliphatic carbocycles. The molecule has 5 aromatic rings. The summed E-state index contributed by atoms with van der Waals surface area (Å²) in [7, 11) is 2.07. The highest BCUT2D eigenvalue weighted by Gasteiger charge is 2.23. The fraction of sp³-hybridized carbons (Fsp3) is 0.185. The van der Waals surface area contributed by atoms with Crippen molar-refractivity contribution in [3.63, 3.8) is 0 Å². The molecule has 0 spiro atoms. The number of fused-ring (bicyclic) bond motifs is 2. The zero-order chi connectivity index (χ0) is 26.6. The SMILES string of the molecule is Cc1cc(Oc2c(F)cccc2F)ncc1-n1ncc(C(=O)c2cc3nc4c(cc3[nH]2)CN(C)CC4)c1N. The smallest absolute Gasteiger partial charge is 0.219 e. The molecular formula is C27H23F2N7O2. The fourth-order valence-corrected chi connectivity index (χ4v) is 4.63. The topological polar surface area (TPSA) is 115 Å². The Labute approximate surface area is 215 Å². The number of aromatic amines is 1. The first kappa shape index (κ1) is 23.7. The Hall–Kier alpha value is -4.64. The number of ketones is 1. The quantitative estimate of drug-likeness (QED) is 0.335. The molecule has 0 unspecified atom stereocenters. The van der Waals surface area contributed by atoms with Gasteiger partial charge in [-0.15, -0.1) is 0 Å². The van der Waals surface area contributed by atoms with Gasteiger partial charge in [-0.05, 0) is 49.4 Å². The number of likely N-dealkylation sites (N-methyl/N-ethyl adjacent to an activating group) is 1. The van der Waals surface area contributed by atoms with Crippen LogP contribution in [0, 0.1) is 18.6 Å². The number of benzene rings is 1. The number of carbonyl (C=O) groups is 1. The number of ether oxygens (including phenoxy) is 1. The minimum atomic E-state index is -0.840. The second-order valence-electron chi connectivity index (χ2n) is 9.34. The number of nitrogen functional groups attached to an aromatic ring is 1. The van der Waals surface area contributed by atoms with E-state index in [-0.39, 0.29) is 23.0 Å². The highest BCUT2D eigenvalue weighted by molar-refractivity contribution is 6.12. The van der Waals surface area contributed by atoms with Crippen molar-refractivity contribution in [2.75, 3.05) is 19.3 Å². The Morgan fingerprint density at radius 1 is 1.16 bits per heavy atom. The van der Waals surface area contributed by atoms with Crippen molar-refractivity contribution in [2.45, 2.75) is 19.9 Å². The summed E-state index contributed by atoms with van der Waals surface area (Å²) in [5.41, 5.74) is 11.7. The normalized spacial score (nSPS) is 13.6. The maximum atomic E-state index is 14.0. The number of halogens is 2. The van der Waals surface area contributed by atoms with Gasteiger partial charge in [0.05, 0.1) is 40.4 Å². The number of hydrogen-bond donors (Lipinski definition) is 2. The zero-order valence-corrected chi connectivity index (χ0v) is 20.6. The van der Waals surface area contributed by atoms with Crippen LogP contribution in [0.2, 0.25) is 0 Å². The molecule has 1 aliphatic heterocycles. The molecule has 3 N–H and O–H groups in total. The molecule has 6 rings (SSSR count). The second-order valence-corrected chi connectivity index (χ2v) is 9.34. The van der Waals surface area contributed by atoms with E-state index in [1.165, 1.54) is 29.2 Å². The van der Waals surface area contributed by atoms with Gasteiger partial charge < -0.3 is 20.4 Å². The molecule has 0 atom stereocenters. The first-order chi connectivity index (χ1) is 18.3. The number of carbonyl (C=O) groups excluding carboxylic acids is 1. The van der Waals surface area contributed by atoms with Gasteiger partial charge in [-0.1, -0.05) is 6.07 Å². The van der Waals surface area contributed by atoms with E-state index in [1.54, 1.807) is 13.0 Å². The molecule has 0 radical (unpaired) electrons. The highest BCUT2D eigenvalue weighted by Crippen LogP contribution is 2.29. The molecule has 4 aromatic heterocycles. The minimum Gasteiger partial charge on any atom is -0.433 e. The number of rotatable bonds is 5. The van der Waals surface area contributed by atoms with Gasteiger partial charge in [-0.2, -0.15) is 5.10 Å². The Morgan fingerprint density at radius 3 is 2.71 bits per heavy atom. The molecule has 0 amide bonds. The molecule has 0 saturated heterocycles. The van der Waals surface area contributed by atoms with Crippen molar-refractivity contribution in [3.05, 3.63) is 88.5 Å². The highest BCUT2D eigenvalue weighted by atomic mass is 19.1. The number of para-hydroxylation sites is 1. The number of nitrogens with two attached hydrogens (primary N) is 1. The third-order valence-electron chi connectivity index (χ3n) is 6.65. The van der Waals surface area contributed by atoms with Gasteiger partial charge in [0, 0.05) is 31.3 Å². The summed E-state index contributed by atoms with van der Waals surface area (Å²) in [6.07, 6.45) is 3.67. The Kier molecular flexibility index (Phi) is 5.64. The summed E-state index contributed by atoms with van der Waals surface area (Å²) in [5.74, 6) is -2.42. The monoisotopic (exact) mass is 515 g/mol. The number of pyridine rings is 2. The average molecular weight is 516 g/mol. The van der Waals surface area contributed by atoms with Crippen molar-refractivity contribution in [1.82, 2.24) is 29.6 Å². The van der Waals surface area contributed by atoms with E-state index in [0.717, 1.165) is 53.9 Å². The van der Waals surface area contributed by atoms with Crippen LogP contribution in [-0.4, -0.2) is 49.0 Å². The van der Waals surface area contributed by atoms with Gasteiger partial charge in [0.1, 0.15) is 5.82 Å². The van der Waals surface area contributed by atoms with Crippen LogP contribution in [0.15, 0.2) is 48.8 Å². The molecule has 0 saturated carbocycles. The van der Waals surface area contributed by atoms with Crippen LogP contribution in [0.5, 0.6) is 11.6 Å². The van der Waals surface area contributed by atoms with E-state index in [0.29, 0.717) is 16.9 Å². The molecule has 0 bridgehead atoms. The second kappa shape index (κ2) is 9.03. The van der Waals surface area contributed by atoms with Crippen LogP contribution in [0.25, 0.3) is 16.7 Å². The largest absolute Gasteiger partial charge is 0.433 e. The van der Waals surface area contributed by atoms with Crippen molar-refractivity contribution < 1.29 is 18.3 Å². The number of aromatic nitrogens is 5. The Bertz CT molecular complexity index is 1710. The van der Waals surface area contributed by atoms with Crippen LogP contribution >= 0.6 is 0 Å². The Balaban J connectivity index is 1.28. The zero-order valence-electron chi connectivity index (χ0n) is 20.6. The maximum absolute atomic E-state index is 14.0. The van der Waals surface area contributed by atoms with E-state index < -0.39 is 17.4 Å². The number of anilines is 1. The summed E-state index contributed by atoms with van der Waals surface area (Å²) in [6, 6.07) is 8.72. The van der Waals surface area contributed by atoms with Gasteiger partial charge in [0.2, 0.25) is 17.4 Å². The number of H-pyrrole nitrogens is 1. The standard InChI is InChI=1S/C27H23F2N7O2/c1-14-8-24(38-26-17(28)4-3-5-18(26)29)31-12-23(14)36-27(30)16(11-32-36)25(37)22-10-21-20(34-22)9-15-13-35(2)7-6-19(15)33-21/h3-5,8-12,34H,6-7,13,30H2,1-2H3. The van der Waals surface area contributed by atoms with Gasteiger partial charge in [0.15, 0.2) is 11.6 Å². The fourth-order valence-electron chi connectivity index (χ4n) is 4.63. The molecule has 1 aliphatic rings. The molecular weight excluding hydrogens is 492 g/mol. The third-order valence-corrected chi connectivity index (χ3v) is 6.65. The van der Waals surface area contributed by atoms with E-state index >= 15 is 0 Å². The van der Waals surface area contributed by atoms with Crippen LogP contribution in [0.4, 0.5) is 14.6 Å². The summed E-state index contributed by atoms with van der Waals surface area (Å²) in [5, 5.41) is 4.30.